The van der Waals surface area contributed by atoms with Gasteiger partial charge in [0.1, 0.15) is 17.2 Å². The topological polar surface area (TPSA) is 204 Å². The molecule has 0 saturated heterocycles. The fourth-order valence-corrected chi connectivity index (χ4v) is 5.45. The number of hydroxylamine groups is 1. The normalized spacial score (nSPS) is 16.4. The van der Waals surface area contributed by atoms with Gasteiger partial charge in [0.25, 0.3) is 5.91 Å². The van der Waals surface area contributed by atoms with Crippen LogP contribution in [0, 0.1) is 0 Å². The van der Waals surface area contributed by atoms with Crippen LogP contribution in [-0.4, -0.2) is 40.4 Å². The van der Waals surface area contributed by atoms with E-state index in [1.165, 1.54) is 18.2 Å². The number of aromatic hydroxyl groups is 1. The van der Waals surface area contributed by atoms with Gasteiger partial charge in [-0.3, -0.25) is 19.2 Å². The first-order valence-electron chi connectivity index (χ1n) is 13.8. The van der Waals surface area contributed by atoms with Gasteiger partial charge >= 0.3 is 11.9 Å². The summed E-state index contributed by atoms with van der Waals surface area (Å²) >= 11 is 0. The molecule has 1 spiro atoms. The van der Waals surface area contributed by atoms with Crippen molar-refractivity contribution < 1.29 is 48.5 Å². The quantitative estimate of drug-likeness (QED) is 0.0836. The second-order valence-electron chi connectivity index (χ2n) is 10.4. The Hall–Kier alpha value is -5.59. The van der Waals surface area contributed by atoms with E-state index in [0.717, 1.165) is 0 Å². The Bertz CT molecular complexity index is 1660. The molecular formula is C31H29N3O10. The molecule has 2 aliphatic heterocycles. The van der Waals surface area contributed by atoms with Gasteiger partial charge in [0.2, 0.25) is 12.3 Å². The molecule has 0 saturated carbocycles. The largest absolute Gasteiger partial charge is 0.508 e. The smallest absolute Gasteiger partial charge is 0.340 e. The van der Waals surface area contributed by atoms with E-state index in [1.807, 2.05) is 0 Å². The van der Waals surface area contributed by atoms with E-state index in [-0.39, 0.29) is 47.8 Å². The van der Waals surface area contributed by atoms with Crippen LogP contribution in [0.2, 0.25) is 0 Å². The van der Waals surface area contributed by atoms with Crippen molar-refractivity contribution in [2.24, 2.45) is 5.73 Å². The Balaban J connectivity index is 1.50. The first-order valence-corrected chi connectivity index (χ1v) is 13.8. The van der Waals surface area contributed by atoms with Crippen molar-refractivity contribution in [2.75, 3.05) is 0 Å². The minimum absolute atomic E-state index is 0.0116. The fourth-order valence-electron chi connectivity index (χ4n) is 5.45. The van der Waals surface area contributed by atoms with E-state index in [2.05, 4.69) is 10.8 Å². The van der Waals surface area contributed by atoms with E-state index in [4.69, 9.17) is 25.2 Å². The van der Waals surface area contributed by atoms with Crippen molar-refractivity contribution in [3.8, 4) is 23.0 Å². The van der Waals surface area contributed by atoms with Gasteiger partial charge in [-0.05, 0) is 48.7 Å². The Morgan fingerprint density at radius 3 is 2.41 bits per heavy atom. The third-order valence-corrected chi connectivity index (χ3v) is 7.47. The first-order chi connectivity index (χ1) is 21.1. The van der Waals surface area contributed by atoms with Crippen LogP contribution in [-0.2, 0) is 29.5 Å². The number of unbranched alkanes of at least 4 members (excludes halogenated alkanes) is 1. The number of esters is 1. The highest BCUT2D eigenvalue weighted by molar-refractivity contribution is 5.97. The van der Waals surface area contributed by atoms with Crippen molar-refractivity contribution in [3.05, 3.63) is 82.4 Å². The maximum Gasteiger partial charge on any atom is 0.340 e. The van der Waals surface area contributed by atoms with Gasteiger partial charge in [-0.1, -0.05) is 18.6 Å². The molecule has 5 rings (SSSR count). The standard InChI is InChI=1S/C31H29N3O10/c32-27(37)11-12-28(38)34-44-19-7-10-23-26(15-19)42-25-14-18(36)6-9-22(25)31(23)21-8-5-17(13-20(21)30(41)43-31)24(33-16-35)3-1-2-4-29(39)40/h5-10,13-16,24,36H,1-4,11-12H2,(H2,32,37)(H,33,35)(H,34,38)(H,39,40). The van der Waals surface area contributed by atoms with E-state index in [9.17, 15) is 29.1 Å². The molecule has 2 unspecified atom stereocenters. The SMILES string of the molecule is NC(=O)CCC(=O)NOc1ccc2c(c1)Oc1cc(O)ccc1C21OC(=O)c2cc(C(CCCCC(=O)O)NC=O)ccc21. The van der Waals surface area contributed by atoms with Gasteiger partial charge in [0.05, 0.1) is 11.6 Å². The van der Waals surface area contributed by atoms with E-state index in [0.29, 0.717) is 47.9 Å². The molecule has 2 heterocycles. The van der Waals surface area contributed by atoms with Crippen molar-refractivity contribution in [1.29, 1.82) is 0 Å². The summed E-state index contributed by atoms with van der Waals surface area (Å²) in [5, 5.41) is 21.9. The minimum Gasteiger partial charge on any atom is -0.508 e. The Morgan fingerprint density at radius 1 is 0.955 bits per heavy atom. The molecule has 3 aromatic carbocycles. The summed E-state index contributed by atoms with van der Waals surface area (Å²) in [5.41, 5.74) is 8.20. The molecule has 2 atom stereocenters. The Morgan fingerprint density at radius 2 is 1.68 bits per heavy atom. The zero-order valence-electron chi connectivity index (χ0n) is 23.3. The van der Waals surface area contributed by atoms with Crippen LogP contribution in [0.15, 0.2) is 54.6 Å². The molecule has 0 aromatic heterocycles. The summed E-state index contributed by atoms with van der Waals surface area (Å²) in [7, 11) is 0. The van der Waals surface area contributed by atoms with E-state index < -0.39 is 35.4 Å². The molecule has 0 aliphatic carbocycles. The number of ether oxygens (including phenoxy) is 2. The lowest BCUT2D eigenvalue weighted by molar-refractivity contribution is -0.137. The average molecular weight is 604 g/mol. The van der Waals surface area contributed by atoms with Crippen LogP contribution in [0.4, 0.5) is 0 Å². The molecular weight excluding hydrogens is 574 g/mol. The van der Waals surface area contributed by atoms with Gasteiger partial charge in [0, 0.05) is 48.1 Å². The molecule has 13 nitrogen and oxygen atoms in total. The fraction of sp³-hybridized carbons (Fsp3) is 0.258. The number of carbonyl (C=O) groups excluding carboxylic acids is 4. The summed E-state index contributed by atoms with van der Waals surface area (Å²) in [5.74, 6) is -2.15. The number of phenols is 1. The van der Waals surface area contributed by atoms with Gasteiger partial charge in [-0.2, -0.15) is 5.48 Å². The van der Waals surface area contributed by atoms with Gasteiger partial charge in [-0.25, -0.2) is 4.79 Å². The number of nitrogens with one attached hydrogen (secondary N) is 2. The molecule has 3 aromatic rings. The number of rotatable bonds is 13. The summed E-state index contributed by atoms with van der Waals surface area (Å²) in [6, 6.07) is 13.8. The number of fused-ring (bicyclic) bond motifs is 6. The lowest BCUT2D eigenvalue weighted by atomic mass is 9.77. The van der Waals surface area contributed by atoms with Crippen LogP contribution in [0.5, 0.6) is 23.0 Å². The number of amides is 3. The summed E-state index contributed by atoms with van der Waals surface area (Å²) in [6.07, 6.45) is 1.71. The maximum atomic E-state index is 13.5. The average Bonchev–Trinajstić information content (AvgIpc) is 3.27. The minimum atomic E-state index is -1.46. The number of carbonyl (C=O) groups is 5. The molecule has 6 N–H and O–H groups in total. The number of primary amides is 1. The zero-order valence-corrected chi connectivity index (χ0v) is 23.3. The molecule has 3 amide bonds. The summed E-state index contributed by atoms with van der Waals surface area (Å²) < 4.78 is 12.2. The summed E-state index contributed by atoms with van der Waals surface area (Å²) in [6.45, 7) is 0. The number of hydrogen-bond acceptors (Lipinski definition) is 9. The molecule has 13 heteroatoms. The van der Waals surface area contributed by atoms with Crippen LogP contribution < -0.4 is 26.1 Å². The molecule has 0 bridgehead atoms. The number of aliphatic carboxylic acids is 1. The monoisotopic (exact) mass is 603 g/mol. The molecule has 44 heavy (non-hydrogen) atoms. The van der Waals surface area contributed by atoms with Crippen LogP contribution in [0.3, 0.4) is 0 Å². The first kappa shape index (κ1) is 29.9. The number of hydrogen-bond donors (Lipinski definition) is 5. The molecule has 228 valence electrons. The number of phenolic OH excluding ortho intramolecular Hbond substituents is 1. The lowest BCUT2D eigenvalue weighted by Crippen LogP contribution is -2.33. The number of carboxylic acid groups (broad SMARTS) is 1. The van der Waals surface area contributed by atoms with Gasteiger partial charge < -0.3 is 35.6 Å². The van der Waals surface area contributed by atoms with Crippen molar-refractivity contribution in [2.45, 2.75) is 50.2 Å². The third-order valence-electron chi connectivity index (χ3n) is 7.47. The molecule has 0 radical (unpaired) electrons. The second-order valence-corrected chi connectivity index (χ2v) is 10.4. The highest BCUT2D eigenvalue weighted by Crippen LogP contribution is 2.57. The van der Waals surface area contributed by atoms with Crippen molar-refractivity contribution in [3.63, 3.8) is 0 Å². The maximum absolute atomic E-state index is 13.5. The van der Waals surface area contributed by atoms with Gasteiger partial charge in [-0.15, -0.1) is 0 Å². The van der Waals surface area contributed by atoms with Crippen molar-refractivity contribution in [1.82, 2.24) is 10.8 Å². The van der Waals surface area contributed by atoms with Crippen LogP contribution in [0.25, 0.3) is 0 Å². The Labute approximate surface area is 250 Å². The highest BCUT2D eigenvalue weighted by Gasteiger charge is 2.53. The number of nitrogens with two attached hydrogens (primary N) is 1. The van der Waals surface area contributed by atoms with Crippen molar-refractivity contribution >= 4 is 30.2 Å². The van der Waals surface area contributed by atoms with Gasteiger partial charge in [0.15, 0.2) is 11.4 Å². The lowest BCUT2D eigenvalue weighted by Gasteiger charge is -2.36. The number of benzene rings is 3. The molecule has 2 aliphatic rings. The Kier molecular flexibility index (Phi) is 8.38. The zero-order chi connectivity index (χ0) is 31.4. The summed E-state index contributed by atoms with van der Waals surface area (Å²) in [4.78, 5) is 64.0. The number of carboxylic acids is 1. The van der Waals surface area contributed by atoms with E-state index in [1.54, 1.807) is 36.4 Å². The van der Waals surface area contributed by atoms with Crippen LogP contribution in [0.1, 0.15) is 77.2 Å². The van der Waals surface area contributed by atoms with E-state index >= 15 is 0 Å². The molecule has 0 fully saturated rings. The predicted octanol–water partition coefficient (Wildman–Crippen LogP) is 3.07. The van der Waals surface area contributed by atoms with Crippen LogP contribution >= 0.6 is 0 Å². The highest BCUT2D eigenvalue weighted by atomic mass is 16.7. The third kappa shape index (κ3) is 5.84. The predicted molar refractivity (Wildman–Crippen MR) is 152 cm³/mol. The second kappa shape index (κ2) is 12.3.